The summed E-state index contributed by atoms with van der Waals surface area (Å²) in [5.41, 5.74) is -4.00. The Hall–Kier alpha value is -5.41. The lowest BCUT2D eigenvalue weighted by molar-refractivity contribution is -0.143. The van der Waals surface area contributed by atoms with Crippen molar-refractivity contribution in [2.24, 2.45) is 0 Å². The van der Waals surface area contributed by atoms with Gasteiger partial charge in [0.1, 0.15) is 35.1 Å². The summed E-state index contributed by atoms with van der Waals surface area (Å²) < 4.78 is 127. The first kappa shape index (κ1) is 34.9. The molecule has 5 aromatic rings. The number of carbonyl (C=O) groups is 2. The molecule has 2 heterocycles. The number of aliphatic carboxylic acids is 1. The molecule has 49 heavy (non-hydrogen) atoms. The molecule has 0 aliphatic rings. The minimum atomic E-state index is -5.02. The second-order valence-corrected chi connectivity index (χ2v) is 10.9. The van der Waals surface area contributed by atoms with Crippen LogP contribution in [-0.2, 0) is 17.4 Å². The number of fused-ring (bicyclic) bond motifs is 2. The maximum Gasteiger partial charge on any atom is 0.417 e. The van der Waals surface area contributed by atoms with Gasteiger partial charge in [-0.15, -0.1) is 0 Å². The van der Waals surface area contributed by atoms with E-state index in [4.69, 9.17) is 0 Å². The smallest absolute Gasteiger partial charge is 0.417 e. The number of hydrogen-bond donors (Lipinski definition) is 3. The second kappa shape index (κ2) is 13.2. The van der Waals surface area contributed by atoms with Crippen molar-refractivity contribution in [1.82, 2.24) is 15.3 Å². The largest absolute Gasteiger partial charge is 0.480 e. The van der Waals surface area contributed by atoms with Crippen molar-refractivity contribution in [3.8, 4) is 11.1 Å². The summed E-state index contributed by atoms with van der Waals surface area (Å²) in [5, 5.41) is 13.8. The number of nitrogens with one attached hydrogen (secondary N) is 2. The lowest BCUT2D eigenvalue weighted by atomic mass is 9.91. The molecule has 0 fully saturated rings. The van der Waals surface area contributed by atoms with Crippen LogP contribution in [0.1, 0.15) is 34.8 Å². The van der Waals surface area contributed by atoms with Gasteiger partial charge in [-0.25, -0.2) is 18.0 Å². The fourth-order valence-electron chi connectivity index (χ4n) is 5.45. The van der Waals surface area contributed by atoms with Crippen LogP contribution in [0.3, 0.4) is 0 Å². The van der Waals surface area contributed by atoms with Gasteiger partial charge in [0.25, 0.3) is 5.91 Å². The Kier molecular flexibility index (Phi) is 9.43. The van der Waals surface area contributed by atoms with E-state index in [-0.39, 0.29) is 32.9 Å². The van der Waals surface area contributed by atoms with Crippen LogP contribution in [0, 0.1) is 17.5 Å². The molecule has 7 nitrogen and oxygen atoms in total. The van der Waals surface area contributed by atoms with Gasteiger partial charge in [0.15, 0.2) is 0 Å². The number of pyridine rings is 2. The van der Waals surface area contributed by atoms with Crippen LogP contribution < -0.4 is 10.6 Å². The van der Waals surface area contributed by atoms with Gasteiger partial charge < -0.3 is 15.7 Å². The predicted molar refractivity (Wildman–Crippen MR) is 160 cm³/mol. The molecule has 3 aromatic carbocycles. The molecule has 0 saturated carbocycles. The highest BCUT2D eigenvalue weighted by Crippen LogP contribution is 2.43. The predicted octanol–water partition coefficient (Wildman–Crippen LogP) is 8.06. The highest BCUT2D eigenvalue weighted by Gasteiger charge is 2.39. The highest BCUT2D eigenvalue weighted by atomic mass is 19.4. The molecule has 0 aliphatic carbocycles. The number of hydrogen-bond acceptors (Lipinski definition) is 5. The van der Waals surface area contributed by atoms with Crippen LogP contribution >= 0.6 is 0 Å². The third-order valence-corrected chi connectivity index (χ3v) is 7.72. The molecule has 0 radical (unpaired) electrons. The fourth-order valence-corrected chi connectivity index (χ4v) is 5.45. The van der Waals surface area contributed by atoms with Gasteiger partial charge in [-0.2, -0.15) is 26.3 Å². The first-order chi connectivity index (χ1) is 23.0. The van der Waals surface area contributed by atoms with E-state index in [0.717, 1.165) is 0 Å². The maximum absolute atomic E-state index is 14.9. The average molecular weight is 695 g/mol. The van der Waals surface area contributed by atoms with Crippen LogP contribution in [-0.4, -0.2) is 45.2 Å². The number of anilines is 1. The third-order valence-electron chi connectivity index (χ3n) is 7.72. The van der Waals surface area contributed by atoms with Gasteiger partial charge in [0.05, 0.1) is 16.6 Å². The zero-order chi connectivity index (χ0) is 35.8. The summed E-state index contributed by atoms with van der Waals surface area (Å²) in [6.07, 6.45) is -8.33. The Bertz CT molecular complexity index is 2060. The third kappa shape index (κ3) is 7.07. The number of carbonyl (C=O) groups excluding carboxylic acids is 1. The Balaban J connectivity index is 1.51. The van der Waals surface area contributed by atoms with Crippen molar-refractivity contribution in [2.45, 2.75) is 44.2 Å². The maximum atomic E-state index is 14.9. The first-order valence-electron chi connectivity index (χ1n) is 14.4. The number of amides is 1. The molecule has 2 aromatic heterocycles. The van der Waals surface area contributed by atoms with Gasteiger partial charge in [0, 0.05) is 46.4 Å². The number of halogens is 9. The van der Waals surface area contributed by atoms with Crippen molar-refractivity contribution >= 4 is 39.4 Å². The molecule has 3 N–H and O–H groups in total. The van der Waals surface area contributed by atoms with Crippen LogP contribution in [0.25, 0.3) is 32.9 Å². The summed E-state index contributed by atoms with van der Waals surface area (Å²) in [7, 11) is 0. The van der Waals surface area contributed by atoms with Crippen molar-refractivity contribution in [3.05, 3.63) is 101 Å². The van der Waals surface area contributed by atoms with Gasteiger partial charge in [-0.05, 0) is 48.4 Å². The summed E-state index contributed by atoms with van der Waals surface area (Å²) in [4.78, 5) is 33.3. The van der Waals surface area contributed by atoms with E-state index in [1.165, 1.54) is 55.7 Å². The monoisotopic (exact) mass is 694 g/mol. The van der Waals surface area contributed by atoms with E-state index in [2.05, 4.69) is 9.97 Å². The standard InChI is InChI=1S/C33H23F9N4O3/c1-2-25(33(40,41)42)45-16-12-22(35)27(23(36)13-16)30(47)46-24(31(48)49)11-15-7-8-19(28-17(15)5-3-9-43-28)26-20(32(37,38)39)14-21(34)18-6-4-10-44-29(18)26/h3-10,12-14,24-25,45H,2,11H2,1H3,(H,46,47)(H,48,49)/t24-,25+/m0/s1. The molecule has 0 bridgehead atoms. The van der Waals surface area contributed by atoms with Crippen LogP contribution in [0.15, 0.2) is 67.0 Å². The van der Waals surface area contributed by atoms with E-state index in [9.17, 15) is 54.2 Å². The van der Waals surface area contributed by atoms with Crippen LogP contribution in [0.5, 0.6) is 0 Å². The summed E-state index contributed by atoms with van der Waals surface area (Å²) in [6.45, 7) is 1.19. The van der Waals surface area contributed by atoms with Crippen molar-refractivity contribution in [3.63, 3.8) is 0 Å². The molecular formula is C33H23F9N4O3. The lowest BCUT2D eigenvalue weighted by Gasteiger charge is -2.22. The zero-order valence-corrected chi connectivity index (χ0v) is 25.0. The number of carboxylic acids is 1. The van der Waals surface area contributed by atoms with E-state index < -0.39 is 89.0 Å². The van der Waals surface area contributed by atoms with Gasteiger partial charge in [0.2, 0.25) is 0 Å². The van der Waals surface area contributed by atoms with E-state index in [1.807, 2.05) is 10.6 Å². The van der Waals surface area contributed by atoms with Crippen LogP contribution in [0.4, 0.5) is 45.2 Å². The Morgan fingerprint density at radius 2 is 1.45 bits per heavy atom. The number of nitrogens with zero attached hydrogens (tertiary/aromatic N) is 2. The number of aromatic nitrogens is 2. The molecule has 5 rings (SSSR count). The van der Waals surface area contributed by atoms with Crippen LogP contribution in [0.2, 0.25) is 0 Å². The van der Waals surface area contributed by atoms with Gasteiger partial charge in [-0.3, -0.25) is 14.8 Å². The molecule has 0 spiro atoms. The van der Waals surface area contributed by atoms with Crippen molar-refractivity contribution in [2.75, 3.05) is 5.32 Å². The van der Waals surface area contributed by atoms with E-state index in [0.29, 0.717) is 18.2 Å². The number of benzene rings is 3. The SMILES string of the molecule is CC[C@@H](Nc1cc(F)c(C(=O)N[C@@H](Cc2ccc(-c3c(C(F)(F)F)cc(F)c4cccnc34)c3ncccc23)C(=O)O)c(F)c1)C(F)(F)F. The zero-order valence-electron chi connectivity index (χ0n) is 25.0. The highest BCUT2D eigenvalue weighted by molar-refractivity contribution is 6.05. The topological polar surface area (TPSA) is 104 Å². The number of rotatable bonds is 9. The summed E-state index contributed by atoms with van der Waals surface area (Å²) in [6, 6.07) is 5.19. The fraction of sp³-hybridized carbons (Fsp3) is 0.212. The molecule has 256 valence electrons. The molecular weight excluding hydrogens is 671 g/mol. The number of carboxylic acid groups (broad SMARTS) is 1. The molecule has 1 amide bonds. The minimum absolute atomic E-state index is 0.0519. The second-order valence-electron chi connectivity index (χ2n) is 10.9. The van der Waals surface area contributed by atoms with Crippen molar-refractivity contribution in [1.29, 1.82) is 0 Å². The Morgan fingerprint density at radius 3 is 2.02 bits per heavy atom. The summed E-state index contributed by atoms with van der Waals surface area (Å²) in [5.74, 6) is -7.48. The molecule has 0 aliphatic heterocycles. The average Bonchev–Trinajstić information content (AvgIpc) is 3.02. The molecule has 0 unspecified atom stereocenters. The van der Waals surface area contributed by atoms with Gasteiger partial charge >= 0.3 is 18.3 Å². The lowest BCUT2D eigenvalue weighted by Crippen LogP contribution is -2.43. The van der Waals surface area contributed by atoms with E-state index in [1.54, 1.807) is 0 Å². The molecule has 2 atom stereocenters. The molecule has 16 heteroatoms. The first-order valence-corrected chi connectivity index (χ1v) is 14.4. The summed E-state index contributed by atoms with van der Waals surface area (Å²) >= 11 is 0. The minimum Gasteiger partial charge on any atom is -0.480 e. The van der Waals surface area contributed by atoms with E-state index >= 15 is 0 Å². The Labute approximate surface area is 270 Å². The molecule has 0 saturated heterocycles. The Morgan fingerprint density at radius 1 is 0.837 bits per heavy atom. The quantitative estimate of drug-likeness (QED) is 0.135. The van der Waals surface area contributed by atoms with Gasteiger partial charge in [-0.1, -0.05) is 25.1 Å². The van der Waals surface area contributed by atoms with Crippen molar-refractivity contribution < 1.29 is 54.2 Å². The number of alkyl halides is 6. The normalized spacial score (nSPS) is 13.3.